The van der Waals surface area contributed by atoms with Gasteiger partial charge in [-0.3, -0.25) is 19.2 Å². The first-order valence-corrected chi connectivity index (χ1v) is 17.4. The van der Waals surface area contributed by atoms with Gasteiger partial charge in [0, 0.05) is 17.4 Å². The number of benzene rings is 2. The highest BCUT2D eigenvalue weighted by Crippen LogP contribution is 2.59. The predicted octanol–water partition coefficient (Wildman–Crippen LogP) is 4.70. The van der Waals surface area contributed by atoms with E-state index in [-0.39, 0.29) is 24.8 Å². The second-order valence-electron chi connectivity index (χ2n) is 13.1. The van der Waals surface area contributed by atoms with Crippen molar-refractivity contribution in [3.63, 3.8) is 0 Å². The summed E-state index contributed by atoms with van der Waals surface area (Å²) in [5, 5.41) is 13.9. The van der Waals surface area contributed by atoms with Gasteiger partial charge < -0.3 is 29.7 Å². The average Bonchev–Trinajstić information content (AvgIpc) is 3.65. The number of amides is 3. The Balaban J connectivity index is 1.51. The zero-order chi connectivity index (χ0) is 34.3. The van der Waals surface area contributed by atoms with E-state index in [4.69, 9.17) is 21.1 Å². The third kappa shape index (κ3) is 5.88. The van der Waals surface area contributed by atoms with Crippen molar-refractivity contribution in [2.24, 2.45) is 17.8 Å². The Labute approximate surface area is 293 Å². The van der Waals surface area contributed by atoms with Crippen molar-refractivity contribution in [3.05, 3.63) is 87.9 Å². The molecular formula is C36H39BrClN3O7. The number of nitrogens with zero attached hydrogens (tertiary/aromatic N) is 2. The number of aliphatic hydroxyl groups excluding tert-OH is 1. The highest BCUT2D eigenvalue weighted by molar-refractivity contribution is 9.11. The van der Waals surface area contributed by atoms with E-state index in [2.05, 4.69) is 21.2 Å². The largest absolute Gasteiger partial charge is 0.455 e. The molecule has 2 aromatic carbocycles. The van der Waals surface area contributed by atoms with Crippen molar-refractivity contribution in [2.45, 2.75) is 69.5 Å². The number of allylic oxidation sites excluding steroid dienone is 1. The number of esters is 1. The molecule has 0 radical (unpaired) electrons. The molecule has 10 nitrogen and oxygen atoms in total. The molecular weight excluding hydrogens is 702 g/mol. The second kappa shape index (κ2) is 13.8. The maximum absolute atomic E-state index is 15.0. The Morgan fingerprint density at radius 2 is 1.73 bits per heavy atom. The Morgan fingerprint density at radius 3 is 2.42 bits per heavy atom. The SMILES string of the molecule is CC(C)[C@H](CO)N1C(=O)[C@H]2[C@@H]3C(=O)O[C@H](c4ccccc4)[C@@H](C)NC(=O)CC/C=C\CN(c4ccccc4Cl)C(=O)[C@H]1[C@@]21C=C(Br)[C@@H]3O1. The van der Waals surface area contributed by atoms with Gasteiger partial charge in [0.05, 0.1) is 35.3 Å². The molecule has 4 aliphatic rings. The predicted molar refractivity (Wildman–Crippen MR) is 183 cm³/mol. The van der Waals surface area contributed by atoms with Crippen LogP contribution in [0.4, 0.5) is 5.69 Å². The molecule has 2 N–H and O–H groups in total. The summed E-state index contributed by atoms with van der Waals surface area (Å²) in [7, 11) is 0. The molecule has 2 aromatic rings. The minimum absolute atomic E-state index is 0.0845. The van der Waals surface area contributed by atoms with Crippen molar-refractivity contribution < 1.29 is 33.8 Å². The lowest BCUT2D eigenvalue weighted by Crippen LogP contribution is -2.59. The fourth-order valence-electron chi connectivity index (χ4n) is 7.53. The van der Waals surface area contributed by atoms with Crippen LogP contribution in [-0.2, 0) is 28.7 Å². The summed E-state index contributed by atoms with van der Waals surface area (Å²) in [6, 6.07) is 13.4. The van der Waals surface area contributed by atoms with Gasteiger partial charge in [-0.2, -0.15) is 0 Å². The molecule has 12 heteroatoms. The molecule has 2 saturated heterocycles. The van der Waals surface area contributed by atoms with E-state index in [1.54, 1.807) is 43.3 Å². The van der Waals surface area contributed by atoms with Gasteiger partial charge in [0.1, 0.15) is 29.8 Å². The third-order valence-corrected chi connectivity index (χ3v) is 10.8. The molecule has 5 bridgehead atoms. The number of likely N-dealkylation sites (tertiary alicyclic amines) is 1. The van der Waals surface area contributed by atoms with Crippen LogP contribution in [0.3, 0.4) is 0 Å². The highest BCUT2D eigenvalue weighted by Gasteiger charge is 2.75. The first-order chi connectivity index (χ1) is 23.0. The standard InChI is InChI=1S/C36H39BrClN3O7/c1-20(2)26(19-42)41-32-34(45)40(25-15-10-9-14-24(25)38)17-11-5-8-16-27(43)39-21(3)30(22-12-6-4-7-13-22)47-35(46)28-29(33(41)44)36(32)18-23(37)31(28)48-36/h4-7,9-15,18,20-21,26,28-32,42H,8,16-17,19H2,1-3H3,(H,39,43)/b11-5-/t21-,26+,28+,29-,30+,31+,32+,36-/m1/s1. The number of fused-ring (bicyclic) bond motifs is 2. The second-order valence-corrected chi connectivity index (χ2v) is 14.4. The summed E-state index contributed by atoms with van der Waals surface area (Å²) in [5.41, 5.74) is -0.441. The molecule has 0 aliphatic carbocycles. The molecule has 0 saturated carbocycles. The van der Waals surface area contributed by atoms with Crippen LogP contribution in [0.25, 0.3) is 0 Å². The first kappa shape index (κ1) is 34.4. The van der Waals surface area contributed by atoms with Crippen LogP contribution >= 0.6 is 27.5 Å². The van der Waals surface area contributed by atoms with E-state index in [1.165, 1.54) is 9.80 Å². The van der Waals surface area contributed by atoms with Gasteiger partial charge in [0.2, 0.25) is 11.8 Å². The maximum Gasteiger partial charge on any atom is 0.313 e. The Kier molecular flexibility index (Phi) is 9.86. The molecule has 1 spiro atoms. The van der Waals surface area contributed by atoms with Crippen molar-refractivity contribution in [1.82, 2.24) is 10.2 Å². The van der Waals surface area contributed by atoms with Crippen molar-refractivity contribution in [2.75, 3.05) is 18.1 Å². The van der Waals surface area contributed by atoms with E-state index < -0.39 is 72.2 Å². The van der Waals surface area contributed by atoms with Crippen LogP contribution in [0.2, 0.25) is 5.02 Å². The molecule has 8 atom stereocenters. The molecule has 254 valence electrons. The van der Waals surface area contributed by atoms with Gasteiger partial charge in [0.15, 0.2) is 0 Å². The Hall–Kier alpha value is -3.51. The number of cyclic esters (lactones) is 1. The number of anilines is 1. The zero-order valence-electron chi connectivity index (χ0n) is 26.9. The molecule has 0 aromatic heterocycles. The average molecular weight is 741 g/mol. The fraction of sp³-hybridized carbons (Fsp3) is 0.444. The van der Waals surface area contributed by atoms with E-state index in [1.807, 2.05) is 50.3 Å². The van der Waals surface area contributed by atoms with Crippen LogP contribution in [0.5, 0.6) is 0 Å². The summed E-state index contributed by atoms with van der Waals surface area (Å²) in [4.78, 5) is 60.1. The number of para-hydroxylation sites is 1. The van der Waals surface area contributed by atoms with Crippen LogP contribution in [-0.4, -0.2) is 76.7 Å². The van der Waals surface area contributed by atoms with E-state index >= 15 is 4.79 Å². The van der Waals surface area contributed by atoms with Crippen LogP contribution in [0.1, 0.15) is 45.3 Å². The Bertz CT molecular complexity index is 1650. The smallest absolute Gasteiger partial charge is 0.313 e. The normalized spacial score (nSPS) is 32.2. The molecule has 0 unspecified atom stereocenters. The number of halogens is 2. The maximum atomic E-state index is 15.0. The van der Waals surface area contributed by atoms with Gasteiger partial charge in [-0.1, -0.05) is 96.0 Å². The lowest BCUT2D eigenvalue weighted by molar-refractivity contribution is -0.162. The van der Waals surface area contributed by atoms with Crippen molar-refractivity contribution in [1.29, 1.82) is 0 Å². The van der Waals surface area contributed by atoms with Gasteiger partial charge in [-0.05, 0) is 43.0 Å². The number of aliphatic hydroxyl groups is 1. The molecule has 2 fully saturated rings. The van der Waals surface area contributed by atoms with Gasteiger partial charge in [-0.15, -0.1) is 0 Å². The van der Waals surface area contributed by atoms with Gasteiger partial charge >= 0.3 is 5.97 Å². The molecule has 6 rings (SSSR count). The minimum Gasteiger partial charge on any atom is -0.455 e. The van der Waals surface area contributed by atoms with E-state index in [0.717, 1.165) is 0 Å². The van der Waals surface area contributed by atoms with Gasteiger partial charge in [0.25, 0.3) is 5.91 Å². The third-order valence-electron chi connectivity index (χ3n) is 9.80. The number of nitrogens with one attached hydrogen (secondary N) is 1. The molecule has 4 aliphatic heterocycles. The van der Waals surface area contributed by atoms with Crippen molar-refractivity contribution in [3.8, 4) is 0 Å². The summed E-state index contributed by atoms with van der Waals surface area (Å²) >= 11 is 10.2. The van der Waals surface area contributed by atoms with Crippen molar-refractivity contribution >= 4 is 56.9 Å². The summed E-state index contributed by atoms with van der Waals surface area (Å²) in [6.45, 7) is 5.18. The number of carbonyl (C=O) groups excluding carboxylic acids is 4. The van der Waals surface area contributed by atoms with Crippen LogP contribution < -0.4 is 10.2 Å². The first-order valence-electron chi connectivity index (χ1n) is 16.2. The Morgan fingerprint density at radius 1 is 1.02 bits per heavy atom. The monoisotopic (exact) mass is 739 g/mol. The topological polar surface area (TPSA) is 125 Å². The number of ether oxygens (including phenoxy) is 2. The number of hydrogen-bond donors (Lipinski definition) is 2. The summed E-state index contributed by atoms with van der Waals surface area (Å²) in [6.07, 6.45) is 4.15. The molecule has 3 amide bonds. The lowest BCUT2D eigenvalue weighted by Gasteiger charge is -2.40. The highest BCUT2D eigenvalue weighted by atomic mass is 79.9. The number of carbonyl (C=O) groups is 4. The zero-order valence-corrected chi connectivity index (χ0v) is 29.3. The summed E-state index contributed by atoms with van der Waals surface area (Å²) in [5.74, 6) is -4.33. The minimum atomic E-state index is -1.54. The lowest BCUT2D eigenvalue weighted by atomic mass is 9.74. The molecule has 4 heterocycles. The van der Waals surface area contributed by atoms with Crippen LogP contribution in [0, 0.1) is 17.8 Å². The molecule has 48 heavy (non-hydrogen) atoms. The fourth-order valence-corrected chi connectivity index (χ4v) is 8.50. The number of hydrogen-bond acceptors (Lipinski definition) is 7. The van der Waals surface area contributed by atoms with E-state index in [9.17, 15) is 19.5 Å². The van der Waals surface area contributed by atoms with Gasteiger partial charge in [-0.25, -0.2) is 0 Å². The summed E-state index contributed by atoms with van der Waals surface area (Å²) < 4.78 is 13.4. The van der Waals surface area contributed by atoms with E-state index in [0.29, 0.717) is 27.2 Å². The quantitative estimate of drug-likeness (QED) is 0.337. The van der Waals surface area contributed by atoms with Crippen LogP contribution in [0.15, 0.2) is 77.3 Å². The number of rotatable bonds is 5.